The average Bonchev–Trinajstić information content (AvgIpc) is 2.21. The predicted octanol–water partition coefficient (Wildman–Crippen LogP) is 11.8. The van der Waals surface area contributed by atoms with Crippen LogP contribution in [0.5, 0.6) is 28.7 Å². The minimum absolute atomic E-state index is 0.00668. The van der Waals surface area contributed by atoms with Crippen LogP contribution in [0.2, 0.25) is 0 Å². The quantitative estimate of drug-likeness (QED) is 0.104. The summed E-state index contributed by atoms with van der Waals surface area (Å²) in [6, 6.07) is 11.6. The molecule has 9 N–H and O–H groups in total. The van der Waals surface area contributed by atoms with Crippen LogP contribution in [0, 0.1) is 69.5 Å². The molecule has 6 aliphatic heterocycles. The minimum Gasteiger partial charge on any atom is -0.508 e. The van der Waals surface area contributed by atoms with E-state index >= 15 is 0 Å². The van der Waals surface area contributed by atoms with E-state index in [1.165, 1.54) is 6.42 Å². The number of benzene rings is 3. The summed E-state index contributed by atoms with van der Waals surface area (Å²) in [5.41, 5.74) is 13.4. The summed E-state index contributed by atoms with van der Waals surface area (Å²) in [6.07, 6.45) is 26.7. The summed E-state index contributed by atoms with van der Waals surface area (Å²) in [5.74, 6) is 4.70. The van der Waals surface area contributed by atoms with E-state index < -0.39 is 18.3 Å². The first-order chi connectivity index (χ1) is 41.1. The number of nitrogens with zero attached hydrogens (tertiary/aromatic N) is 1. The highest BCUT2D eigenvalue weighted by atomic mass is 16.5. The number of ether oxygens (including phenoxy) is 4. The Labute approximate surface area is 506 Å². The van der Waals surface area contributed by atoms with E-state index in [-0.39, 0.29) is 69.9 Å². The molecule has 16 atom stereocenters. The minimum atomic E-state index is -0.921. The van der Waals surface area contributed by atoms with Gasteiger partial charge in [-0.25, -0.2) is 0 Å². The third-order valence-corrected chi connectivity index (χ3v) is 24.6. The standard InChI is InChI=1S/C72H100N4O9/c1-6-44-28-46-11-10-45(44)29-52(78)37-70(23-17-50-14-15-51-13-9-43(38-74-4)36-72(51)40-71(50,70)24-26-83-72)41-76-68(73)75-25-19-53-57(39-77)69(20-7-8-21-69)22-18-61(53)84-63-33-47(12-16-58(63)79)67-60(81)34-56-62(85-67)35-64(82-5)66-55-31-49(27-42(2)3)59(80)32-48(55)30-54(46)65(56)66/h10-12,14-16,31-33,35,42-46,50-54,57,60-61,67,74,77-81H,6-9,13,17-30,34,36-41H2,1-5H3,(H3,73,75,76)/t43-,44+,45-,46-,50-,51-,52+,53-,54+,57+,60-,61+,67+,70-,71+,72+/m1/s1. The molecular formula is C72H100N4O9. The Hall–Kier alpha value is -4.79. The maximum Gasteiger partial charge on any atom is 0.188 e. The molecule has 3 aromatic rings. The maximum absolute atomic E-state index is 13.0. The lowest BCUT2D eigenvalue weighted by molar-refractivity contribution is -0.198. The van der Waals surface area contributed by atoms with Crippen LogP contribution in [-0.4, -0.2) is 102 Å². The highest BCUT2D eigenvalue weighted by Crippen LogP contribution is 2.70. The van der Waals surface area contributed by atoms with E-state index in [1.807, 2.05) is 24.3 Å². The molecule has 13 nitrogen and oxygen atoms in total. The van der Waals surface area contributed by atoms with Gasteiger partial charge in [-0.15, -0.1) is 0 Å². The van der Waals surface area contributed by atoms with Crippen molar-refractivity contribution in [2.45, 2.75) is 192 Å². The van der Waals surface area contributed by atoms with E-state index in [4.69, 9.17) is 29.7 Å². The lowest BCUT2D eigenvalue weighted by Crippen LogP contribution is -2.58. The second-order valence-corrected chi connectivity index (χ2v) is 29.4. The van der Waals surface area contributed by atoms with Crippen LogP contribution in [0.3, 0.4) is 0 Å². The number of aliphatic hydroxyl groups excluding tert-OH is 3. The molecule has 3 aromatic carbocycles. The number of hydrogen-bond acceptors (Lipinski definition) is 13. The van der Waals surface area contributed by atoms with Crippen LogP contribution in [0.15, 0.2) is 65.7 Å². The van der Waals surface area contributed by atoms with Gasteiger partial charge in [0.2, 0.25) is 0 Å². The van der Waals surface area contributed by atoms with Crippen LogP contribution in [0.4, 0.5) is 0 Å². The van der Waals surface area contributed by atoms with E-state index in [0.717, 1.165) is 143 Å². The fraction of sp³-hybridized carbons (Fsp3) is 0.681. The highest BCUT2D eigenvalue weighted by molar-refractivity contribution is 5.84. The molecule has 7 aliphatic carbocycles. The van der Waals surface area contributed by atoms with Crippen LogP contribution >= 0.6 is 0 Å². The van der Waals surface area contributed by atoms with Crippen molar-refractivity contribution in [2.24, 2.45) is 80.2 Å². The summed E-state index contributed by atoms with van der Waals surface area (Å²) < 4.78 is 27.7. The summed E-state index contributed by atoms with van der Waals surface area (Å²) in [7, 11) is 3.80. The molecule has 462 valence electrons. The van der Waals surface area contributed by atoms with Crippen molar-refractivity contribution < 1.29 is 44.5 Å². The molecule has 5 fully saturated rings. The Kier molecular flexibility index (Phi) is 16.5. The molecule has 16 rings (SSSR count). The fourth-order valence-corrected chi connectivity index (χ4v) is 20.6. The SMILES string of the molecule is CC[C@H]1C[C@H]2C=C[C@@H]1C[C@H](O)C[C@]1(CC[C@H]3C=C[C@H]4CC[C@@H](CNC)C[C@]45C[C@@]31CCO5)CN=C(N)NCC[C@H]1[C@H](CCC3(CCCC3)[C@H]1CO)Oc1cc(ccc1O)[C@@H]1Oc3cc(OC)c4c(c3C[C@H]1O)[C@H]2Cc1cc(O)c(CC(C)C)cc1-4. The first-order valence-corrected chi connectivity index (χ1v) is 33.5. The number of fused-ring (bicyclic) bond motifs is 2. The van der Waals surface area contributed by atoms with Crippen LogP contribution < -0.4 is 30.6 Å². The number of rotatable bonds is 7. The average molecular weight is 1170 g/mol. The third kappa shape index (κ3) is 10.5. The monoisotopic (exact) mass is 1160 g/mol. The first-order valence-electron chi connectivity index (χ1n) is 33.5. The van der Waals surface area contributed by atoms with Crippen molar-refractivity contribution in [1.29, 1.82) is 0 Å². The van der Waals surface area contributed by atoms with Crippen molar-refractivity contribution in [2.75, 3.05) is 47.0 Å². The number of guanidine groups is 1. The number of aromatic hydroxyl groups is 2. The summed E-state index contributed by atoms with van der Waals surface area (Å²) in [5, 5.41) is 67.5. The third-order valence-electron chi connectivity index (χ3n) is 24.6. The van der Waals surface area contributed by atoms with Crippen LogP contribution in [-0.2, 0) is 24.0 Å². The van der Waals surface area contributed by atoms with Gasteiger partial charge in [-0.2, -0.15) is 0 Å². The van der Waals surface area contributed by atoms with Crippen molar-refractivity contribution >= 4 is 5.96 Å². The topological polar surface area (TPSA) is 201 Å². The molecule has 1 saturated heterocycles. The molecule has 0 amide bonds. The van der Waals surface area contributed by atoms with Gasteiger partial charge in [-0.3, -0.25) is 4.99 Å². The Morgan fingerprint density at radius 3 is 2.47 bits per heavy atom. The number of phenolic OH excluding ortho intramolecular Hbond substituents is 2. The van der Waals surface area contributed by atoms with Gasteiger partial charge in [0.05, 0.1) is 24.9 Å². The molecule has 13 aliphatic rings. The molecule has 4 spiro atoms. The Balaban J connectivity index is 0.914. The maximum atomic E-state index is 13.0. The Morgan fingerprint density at radius 1 is 0.859 bits per heavy atom. The van der Waals surface area contributed by atoms with Gasteiger partial charge in [0.15, 0.2) is 17.5 Å². The largest absolute Gasteiger partial charge is 0.508 e. The summed E-state index contributed by atoms with van der Waals surface area (Å²) in [4.78, 5) is 5.40. The van der Waals surface area contributed by atoms with Crippen LogP contribution in [0.25, 0.3) is 11.1 Å². The second-order valence-electron chi connectivity index (χ2n) is 29.4. The smallest absolute Gasteiger partial charge is 0.188 e. The molecule has 4 saturated carbocycles. The van der Waals surface area contributed by atoms with E-state index in [9.17, 15) is 25.5 Å². The number of nitrogens with two attached hydrogens (primary N) is 1. The van der Waals surface area contributed by atoms with Gasteiger partial charge in [-0.1, -0.05) is 70.4 Å². The van der Waals surface area contributed by atoms with Gasteiger partial charge in [-0.05, 0) is 238 Å². The zero-order chi connectivity index (χ0) is 59.0. The molecule has 0 aromatic heterocycles. The van der Waals surface area contributed by atoms with Gasteiger partial charge in [0.25, 0.3) is 0 Å². The Morgan fingerprint density at radius 2 is 1.68 bits per heavy atom. The normalized spacial score (nSPS) is 37.4. The zero-order valence-corrected chi connectivity index (χ0v) is 51.6. The van der Waals surface area contributed by atoms with Crippen molar-refractivity contribution in [3.05, 3.63) is 88.5 Å². The molecule has 0 radical (unpaired) electrons. The number of aliphatic hydroxyl groups is 3. The fourth-order valence-electron chi connectivity index (χ4n) is 20.6. The van der Waals surface area contributed by atoms with Crippen molar-refractivity contribution in [1.82, 2.24) is 10.6 Å². The zero-order valence-electron chi connectivity index (χ0n) is 51.6. The first kappa shape index (κ1) is 59.2. The Bertz CT molecular complexity index is 3030. The molecule has 6 heterocycles. The predicted molar refractivity (Wildman–Crippen MR) is 333 cm³/mol. The molecule has 13 heteroatoms. The number of nitrogens with one attached hydrogen (secondary N) is 2. The van der Waals surface area contributed by atoms with Gasteiger partial charge < -0.3 is 60.8 Å². The lowest BCUT2D eigenvalue weighted by atomic mass is 9.52. The number of allylic oxidation sites excluding steroid dienone is 3. The van der Waals surface area contributed by atoms with Gasteiger partial charge >= 0.3 is 0 Å². The van der Waals surface area contributed by atoms with Crippen molar-refractivity contribution in [3.8, 4) is 39.9 Å². The number of aliphatic imine (C=N–C) groups is 1. The van der Waals surface area contributed by atoms with Crippen LogP contribution in [0.1, 0.15) is 176 Å². The van der Waals surface area contributed by atoms with Crippen molar-refractivity contribution in [3.63, 3.8) is 0 Å². The highest BCUT2D eigenvalue weighted by Gasteiger charge is 2.66. The lowest BCUT2D eigenvalue weighted by Gasteiger charge is -2.58. The second kappa shape index (κ2) is 23.6. The van der Waals surface area contributed by atoms with E-state index in [2.05, 4.69) is 68.8 Å². The number of phenols is 2. The van der Waals surface area contributed by atoms with Gasteiger partial charge in [0, 0.05) is 61.8 Å². The summed E-state index contributed by atoms with van der Waals surface area (Å²) in [6.45, 7) is 9.52. The molecule has 85 heavy (non-hydrogen) atoms. The molecule has 10 bridgehead atoms. The van der Waals surface area contributed by atoms with E-state index in [1.54, 1.807) is 13.2 Å². The van der Waals surface area contributed by atoms with E-state index in [0.29, 0.717) is 109 Å². The summed E-state index contributed by atoms with van der Waals surface area (Å²) >= 11 is 0. The molecular weight excluding hydrogens is 1060 g/mol. The molecule has 0 unspecified atom stereocenters. The number of hydrogen-bond donors (Lipinski definition) is 8. The van der Waals surface area contributed by atoms with Gasteiger partial charge in [0.1, 0.15) is 29.5 Å². The number of methoxy groups -OCH3 is 1.